The minimum Gasteiger partial charge on any atom is -0.466 e. The van der Waals surface area contributed by atoms with E-state index in [1.54, 1.807) is 0 Å². The fourth-order valence-corrected chi connectivity index (χ4v) is 0.968. The average molecular weight is 249 g/mol. The normalized spacial score (nSPS) is 11.9. The number of carbonyl (C=O) groups excluding carboxylic acids is 2. The number of ether oxygens (including phenoxy) is 2. The Bertz CT molecular complexity index is 223. The van der Waals surface area contributed by atoms with Crippen LogP contribution >= 0.6 is 12.6 Å². The molecule has 0 aliphatic carbocycles. The zero-order valence-electron chi connectivity index (χ0n) is 9.48. The fourth-order valence-electron chi connectivity index (χ4n) is 0.819. The molecular formula is C10H19NO4S. The van der Waals surface area contributed by atoms with Gasteiger partial charge in [0, 0.05) is 5.75 Å². The third-order valence-electron chi connectivity index (χ3n) is 1.81. The van der Waals surface area contributed by atoms with Gasteiger partial charge in [-0.25, -0.2) is 0 Å². The summed E-state index contributed by atoms with van der Waals surface area (Å²) in [6.45, 7) is 2.43. The minimum atomic E-state index is -0.737. The summed E-state index contributed by atoms with van der Waals surface area (Å²) in [5.74, 6) is -0.684. The summed E-state index contributed by atoms with van der Waals surface area (Å²) < 4.78 is 9.63. The molecule has 0 spiro atoms. The van der Waals surface area contributed by atoms with Crippen molar-refractivity contribution in [3.05, 3.63) is 0 Å². The van der Waals surface area contributed by atoms with Crippen LogP contribution in [0.4, 0.5) is 0 Å². The zero-order valence-corrected chi connectivity index (χ0v) is 10.4. The molecule has 0 amide bonds. The molecule has 0 aromatic heterocycles. The van der Waals surface area contributed by atoms with Crippen LogP contribution in [0.25, 0.3) is 0 Å². The average Bonchev–Trinajstić information content (AvgIpc) is 2.28. The van der Waals surface area contributed by atoms with Crippen LogP contribution in [0.3, 0.4) is 0 Å². The zero-order chi connectivity index (χ0) is 12.4. The predicted molar refractivity (Wildman–Crippen MR) is 63.3 cm³/mol. The van der Waals surface area contributed by atoms with Crippen molar-refractivity contribution in [1.82, 2.24) is 0 Å². The number of unbranched alkanes of at least 4 members (excludes halogenated alkanes) is 1. The molecule has 0 unspecified atom stereocenters. The molecule has 1 atom stereocenters. The second kappa shape index (κ2) is 9.47. The van der Waals surface area contributed by atoms with Crippen molar-refractivity contribution in [2.45, 2.75) is 32.2 Å². The van der Waals surface area contributed by atoms with E-state index in [0.29, 0.717) is 6.61 Å². The molecule has 0 aromatic carbocycles. The summed E-state index contributed by atoms with van der Waals surface area (Å²) in [6.07, 6.45) is 1.88. The van der Waals surface area contributed by atoms with Gasteiger partial charge in [-0.2, -0.15) is 12.6 Å². The number of rotatable bonds is 8. The van der Waals surface area contributed by atoms with Gasteiger partial charge in [0.25, 0.3) is 0 Å². The van der Waals surface area contributed by atoms with Crippen LogP contribution in [-0.2, 0) is 19.1 Å². The topological polar surface area (TPSA) is 78.6 Å². The van der Waals surface area contributed by atoms with E-state index in [9.17, 15) is 9.59 Å². The Morgan fingerprint density at radius 3 is 2.56 bits per heavy atom. The van der Waals surface area contributed by atoms with E-state index in [4.69, 9.17) is 15.2 Å². The lowest BCUT2D eigenvalue weighted by Crippen LogP contribution is -2.34. The molecular weight excluding hydrogens is 230 g/mol. The van der Waals surface area contributed by atoms with Crippen LogP contribution in [-0.4, -0.2) is 36.9 Å². The fraction of sp³-hybridized carbons (Fsp3) is 0.800. The summed E-state index contributed by atoms with van der Waals surface area (Å²) in [5.41, 5.74) is 5.36. The minimum absolute atomic E-state index is 0.00523. The van der Waals surface area contributed by atoms with Gasteiger partial charge in [0.2, 0.25) is 0 Å². The molecule has 0 aromatic rings. The maximum atomic E-state index is 11.1. The summed E-state index contributed by atoms with van der Waals surface area (Å²) >= 11 is 3.86. The van der Waals surface area contributed by atoms with Gasteiger partial charge < -0.3 is 15.2 Å². The number of thiol groups is 1. The van der Waals surface area contributed by atoms with Crippen LogP contribution in [0.1, 0.15) is 26.2 Å². The number of hydrogen-bond donors (Lipinski definition) is 2. The highest BCUT2D eigenvalue weighted by Gasteiger charge is 2.13. The largest absolute Gasteiger partial charge is 0.466 e. The number of nitrogens with two attached hydrogens (primary N) is 1. The SMILES string of the molecule is CCCCOC(=O)CCOC(=O)[C@@H](N)CS. The first kappa shape index (κ1) is 15.2. The molecule has 0 radical (unpaired) electrons. The lowest BCUT2D eigenvalue weighted by atomic mass is 10.3. The molecule has 94 valence electrons. The Hall–Kier alpha value is -0.750. The third-order valence-corrected chi connectivity index (χ3v) is 2.20. The molecule has 0 aliphatic rings. The van der Waals surface area contributed by atoms with Crippen molar-refractivity contribution in [3.63, 3.8) is 0 Å². The molecule has 0 rings (SSSR count). The molecule has 2 N–H and O–H groups in total. The van der Waals surface area contributed by atoms with E-state index in [-0.39, 0.29) is 24.7 Å². The predicted octanol–water partition coefficient (Wildman–Crippen LogP) is 0.520. The lowest BCUT2D eigenvalue weighted by Gasteiger charge is -2.08. The summed E-state index contributed by atoms with van der Waals surface area (Å²) in [7, 11) is 0. The van der Waals surface area contributed by atoms with E-state index >= 15 is 0 Å². The van der Waals surface area contributed by atoms with Crippen LogP contribution in [0.2, 0.25) is 0 Å². The van der Waals surface area contributed by atoms with Gasteiger partial charge >= 0.3 is 11.9 Å². The number of hydrogen-bond acceptors (Lipinski definition) is 6. The van der Waals surface area contributed by atoms with Crippen molar-refractivity contribution >= 4 is 24.6 Å². The monoisotopic (exact) mass is 249 g/mol. The molecule has 0 aliphatic heterocycles. The van der Waals surface area contributed by atoms with Gasteiger partial charge in [-0.15, -0.1) is 0 Å². The molecule has 6 heteroatoms. The van der Waals surface area contributed by atoms with Crippen molar-refractivity contribution in [1.29, 1.82) is 0 Å². The lowest BCUT2D eigenvalue weighted by molar-refractivity contribution is -0.149. The Morgan fingerprint density at radius 2 is 2.00 bits per heavy atom. The van der Waals surface area contributed by atoms with E-state index in [1.807, 2.05) is 6.92 Å². The van der Waals surface area contributed by atoms with Gasteiger partial charge in [0.05, 0.1) is 13.0 Å². The van der Waals surface area contributed by atoms with E-state index < -0.39 is 12.0 Å². The Labute approximate surface area is 101 Å². The van der Waals surface area contributed by atoms with Crippen LogP contribution < -0.4 is 5.73 Å². The molecule has 0 fully saturated rings. The first-order valence-electron chi connectivity index (χ1n) is 5.30. The molecule has 0 saturated carbocycles. The van der Waals surface area contributed by atoms with Crippen LogP contribution in [0.15, 0.2) is 0 Å². The molecule has 16 heavy (non-hydrogen) atoms. The van der Waals surface area contributed by atoms with E-state index in [0.717, 1.165) is 12.8 Å². The maximum Gasteiger partial charge on any atom is 0.323 e. The third kappa shape index (κ3) is 7.53. The Balaban J connectivity index is 3.50. The Kier molecular flexibility index (Phi) is 9.03. The van der Waals surface area contributed by atoms with Gasteiger partial charge in [-0.3, -0.25) is 9.59 Å². The molecule has 0 bridgehead atoms. The summed E-state index contributed by atoms with van der Waals surface area (Å²) in [5, 5.41) is 0. The van der Waals surface area contributed by atoms with Gasteiger partial charge in [-0.1, -0.05) is 13.3 Å². The second-order valence-corrected chi connectivity index (χ2v) is 3.65. The van der Waals surface area contributed by atoms with Crippen molar-refractivity contribution < 1.29 is 19.1 Å². The number of carbonyl (C=O) groups is 2. The first-order valence-corrected chi connectivity index (χ1v) is 5.93. The maximum absolute atomic E-state index is 11.1. The quantitative estimate of drug-likeness (QED) is 0.372. The second-order valence-electron chi connectivity index (χ2n) is 3.28. The van der Waals surface area contributed by atoms with Crippen LogP contribution in [0.5, 0.6) is 0 Å². The summed E-state index contributed by atoms with van der Waals surface area (Å²) in [4.78, 5) is 22.1. The van der Waals surface area contributed by atoms with E-state index in [1.165, 1.54) is 0 Å². The highest BCUT2D eigenvalue weighted by molar-refractivity contribution is 7.80. The summed E-state index contributed by atoms with van der Waals surface area (Å²) in [6, 6.07) is -0.737. The first-order chi connectivity index (χ1) is 7.61. The Morgan fingerprint density at radius 1 is 1.31 bits per heavy atom. The molecule has 0 saturated heterocycles. The van der Waals surface area contributed by atoms with Crippen molar-refractivity contribution in [3.8, 4) is 0 Å². The number of esters is 2. The van der Waals surface area contributed by atoms with Crippen molar-refractivity contribution in [2.24, 2.45) is 5.73 Å². The molecule has 5 nitrogen and oxygen atoms in total. The van der Waals surface area contributed by atoms with Crippen LogP contribution in [0, 0.1) is 0 Å². The van der Waals surface area contributed by atoms with Gasteiger partial charge in [0.1, 0.15) is 12.6 Å². The smallest absolute Gasteiger partial charge is 0.323 e. The highest BCUT2D eigenvalue weighted by atomic mass is 32.1. The highest BCUT2D eigenvalue weighted by Crippen LogP contribution is 1.95. The van der Waals surface area contributed by atoms with Gasteiger partial charge in [-0.05, 0) is 6.42 Å². The molecule has 0 heterocycles. The van der Waals surface area contributed by atoms with Gasteiger partial charge in [0.15, 0.2) is 0 Å². The standard InChI is InChI=1S/C10H19NO4S/c1-2-3-5-14-9(12)4-6-15-10(13)8(11)7-16/h8,16H,2-7,11H2,1H3/t8-/m0/s1. The van der Waals surface area contributed by atoms with E-state index in [2.05, 4.69) is 12.6 Å². The van der Waals surface area contributed by atoms with Crippen molar-refractivity contribution in [2.75, 3.05) is 19.0 Å².